The third kappa shape index (κ3) is 8.69. The number of nitrogens with one attached hydrogen (secondary N) is 1. The van der Waals surface area contributed by atoms with Crippen LogP contribution in [-0.4, -0.2) is 77.6 Å². The molecule has 0 radical (unpaired) electrons. The summed E-state index contributed by atoms with van der Waals surface area (Å²) in [5.41, 5.74) is -0.976. The number of likely N-dealkylation sites (tertiary alicyclic amines) is 1. The van der Waals surface area contributed by atoms with Crippen molar-refractivity contribution in [3.8, 4) is 0 Å². The minimum Gasteiger partial charge on any atom is -0.465 e. The van der Waals surface area contributed by atoms with Crippen LogP contribution in [0.2, 0.25) is 0 Å². The molecule has 0 unspecified atom stereocenters. The van der Waals surface area contributed by atoms with Crippen LogP contribution in [0.3, 0.4) is 0 Å². The van der Waals surface area contributed by atoms with Crippen molar-refractivity contribution in [2.24, 2.45) is 5.92 Å². The van der Waals surface area contributed by atoms with E-state index in [0.717, 1.165) is 68.7 Å². The van der Waals surface area contributed by atoms with Crippen LogP contribution in [0.15, 0.2) is 36.4 Å². The summed E-state index contributed by atoms with van der Waals surface area (Å²) in [6.45, 7) is 6.99. The fourth-order valence-electron chi connectivity index (χ4n) is 6.11. The van der Waals surface area contributed by atoms with E-state index in [2.05, 4.69) is 10.2 Å². The largest absolute Gasteiger partial charge is 0.465 e. The number of rotatable bonds is 5. The van der Waals surface area contributed by atoms with E-state index in [0.29, 0.717) is 18.9 Å². The van der Waals surface area contributed by atoms with Crippen LogP contribution in [0.4, 0.5) is 35.5 Å². The van der Waals surface area contributed by atoms with Gasteiger partial charge in [-0.15, -0.1) is 0 Å². The molecule has 1 saturated carbocycles. The maximum Gasteiger partial charge on any atom is 0.416 e. The van der Waals surface area contributed by atoms with E-state index in [1.165, 1.54) is 31.0 Å². The molecule has 2 saturated heterocycles. The molecule has 5 rings (SSSR count). The lowest BCUT2D eigenvalue weighted by molar-refractivity contribution is -0.143. The smallest absolute Gasteiger partial charge is 0.416 e. The molecular weight excluding hydrogens is 621 g/mol. The lowest BCUT2D eigenvalue weighted by Crippen LogP contribution is -2.55. The number of benzene rings is 2. The second kappa shape index (κ2) is 14.2. The zero-order valence-corrected chi connectivity index (χ0v) is 25.9. The summed E-state index contributed by atoms with van der Waals surface area (Å²) in [6.07, 6.45) is -6.97. The van der Waals surface area contributed by atoms with E-state index < -0.39 is 35.6 Å². The SMILES string of the molecule is CN[C@H](C)c1cc(C(F)(F)F)cc(C(F)(F)F)c1.Cc1cc(F)ccc1[C@H]1C[C@H](N2CCN(C(=O)C3CC3)CC2)CCN1C(=O)O. The number of hydrogen-bond acceptors (Lipinski definition) is 4. The molecule has 0 bridgehead atoms. The number of carbonyl (C=O) groups is 2. The van der Waals surface area contributed by atoms with Crippen LogP contribution >= 0.6 is 0 Å². The predicted molar refractivity (Wildman–Crippen MR) is 156 cm³/mol. The fourth-order valence-corrected chi connectivity index (χ4v) is 6.11. The molecule has 2 aromatic rings. The van der Waals surface area contributed by atoms with Gasteiger partial charge in [-0.05, 0) is 93.6 Å². The number of nitrogens with zero attached hydrogens (tertiary/aromatic N) is 3. The summed E-state index contributed by atoms with van der Waals surface area (Å²) in [5.74, 6) is 0.267. The Morgan fingerprint density at radius 1 is 0.891 bits per heavy atom. The molecule has 254 valence electrons. The molecule has 1 aliphatic carbocycles. The molecule has 46 heavy (non-hydrogen) atoms. The third-order valence-electron chi connectivity index (χ3n) is 9.02. The quantitative estimate of drug-likeness (QED) is 0.343. The van der Waals surface area contributed by atoms with Gasteiger partial charge in [-0.25, -0.2) is 9.18 Å². The highest BCUT2D eigenvalue weighted by atomic mass is 19.4. The molecule has 2 aromatic carbocycles. The molecule has 3 aliphatic rings. The van der Waals surface area contributed by atoms with Crippen LogP contribution < -0.4 is 5.32 Å². The van der Waals surface area contributed by atoms with Crippen molar-refractivity contribution >= 4 is 12.0 Å². The van der Waals surface area contributed by atoms with E-state index in [1.54, 1.807) is 6.07 Å². The lowest BCUT2D eigenvalue weighted by Gasteiger charge is -2.45. The van der Waals surface area contributed by atoms with Crippen molar-refractivity contribution in [3.05, 3.63) is 70.0 Å². The molecule has 2 N–H and O–H groups in total. The van der Waals surface area contributed by atoms with Crippen molar-refractivity contribution in [2.45, 2.75) is 70.0 Å². The van der Waals surface area contributed by atoms with Gasteiger partial charge in [0.15, 0.2) is 0 Å². The van der Waals surface area contributed by atoms with E-state index in [4.69, 9.17) is 0 Å². The summed E-state index contributed by atoms with van der Waals surface area (Å²) in [5, 5.41) is 12.3. The van der Waals surface area contributed by atoms with Crippen LogP contribution in [0.5, 0.6) is 0 Å². The number of carbonyl (C=O) groups excluding carboxylic acids is 1. The van der Waals surface area contributed by atoms with Crippen LogP contribution in [0.25, 0.3) is 0 Å². The number of amides is 2. The van der Waals surface area contributed by atoms with Gasteiger partial charge < -0.3 is 20.2 Å². The first kappa shape index (κ1) is 35.5. The van der Waals surface area contributed by atoms with Crippen molar-refractivity contribution < 1.29 is 45.4 Å². The molecule has 0 spiro atoms. The molecule has 2 amide bonds. The molecule has 3 fully saturated rings. The number of carboxylic acid groups (broad SMARTS) is 1. The topological polar surface area (TPSA) is 76.1 Å². The lowest BCUT2D eigenvalue weighted by atomic mass is 9.88. The summed E-state index contributed by atoms with van der Waals surface area (Å²) in [4.78, 5) is 29.9. The van der Waals surface area contributed by atoms with Crippen LogP contribution in [0, 0.1) is 18.7 Å². The van der Waals surface area contributed by atoms with E-state index >= 15 is 0 Å². The monoisotopic (exact) mass is 660 g/mol. The van der Waals surface area contributed by atoms with Gasteiger partial charge in [0.1, 0.15) is 5.82 Å². The second-order valence-electron chi connectivity index (χ2n) is 12.2. The number of piperidine rings is 1. The fraction of sp³-hybridized carbons (Fsp3) is 0.562. The highest BCUT2D eigenvalue weighted by molar-refractivity contribution is 5.81. The normalized spacial score (nSPS) is 21.8. The summed E-state index contributed by atoms with van der Waals surface area (Å²) in [7, 11) is 1.46. The minimum absolute atomic E-state index is 0.0559. The Morgan fingerprint density at radius 2 is 1.48 bits per heavy atom. The highest BCUT2D eigenvalue weighted by Crippen LogP contribution is 2.38. The first-order valence-electron chi connectivity index (χ1n) is 15.2. The van der Waals surface area contributed by atoms with Gasteiger partial charge in [-0.2, -0.15) is 26.3 Å². The van der Waals surface area contributed by atoms with Crippen molar-refractivity contribution in [1.82, 2.24) is 20.0 Å². The highest BCUT2D eigenvalue weighted by Gasteiger charge is 2.40. The Balaban J connectivity index is 0.000000232. The number of piperazine rings is 1. The first-order chi connectivity index (χ1) is 21.5. The average molecular weight is 661 g/mol. The molecule has 0 aromatic heterocycles. The van der Waals surface area contributed by atoms with E-state index in [9.17, 15) is 45.4 Å². The zero-order chi connectivity index (χ0) is 34.0. The van der Waals surface area contributed by atoms with Crippen molar-refractivity contribution in [1.29, 1.82) is 0 Å². The standard InChI is InChI=1S/C21H28FN3O3.C11H11F6N/c1-14-12-16(22)4-5-18(14)19-13-17(6-7-25(19)21(27)28)23-8-10-24(11-9-23)20(26)15-2-3-15;1-6(18-2)7-3-8(10(12,13)14)5-9(4-7)11(15,16)17/h4-5,12,15,17,19H,2-3,6-11,13H2,1H3,(H,27,28);3-6,18H,1-2H3/t17-,19-;6-/m11/s1. The predicted octanol–water partition coefficient (Wildman–Crippen LogP) is 6.88. The summed E-state index contributed by atoms with van der Waals surface area (Å²) < 4.78 is 88.6. The molecule has 2 heterocycles. The van der Waals surface area contributed by atoms with E-state index in [1.807, 2.05) is 11.8 Å². The van der Waals surface area contributed by atoms with Crippen molar-refractivity contribution in [2.75, 3.05) is 39.8 Å². The van der Waals surface area contributed by atoms with Gasteiger partial charge in [-0.1, -0.05) is 6.07 Å². The minimum atomic E-state index is -4.80. The van der Waals surface area contributed by atoms with E-state index in [-0.39, 0.29) is 35.4 Å². The summed E-state index contributed by atoms with van der Waals surface area (Å²) >= 11 is 0. The van der Waals surface area contributed by atoms with Gasteiger partial charge in [-0.3, -0.25) is 9.69 Å². The number of aryl methyl sites for hydroxylation is 1. The Bertz CT molecular complexity index is 1360. The molecule has 2 aliphatic heterocycles. The first-order valence-corrected chi connectivity index (χ1v) is 15.2. The Hall–Kier alpha value is -3.39. The van der Waals surface area contributed by atoms with Gasteiger partial charge in [0.2, 0.25) is 5.91 Å². The Kier molecular flexibility index (Phi) is 10.9. The number of alkyl halides is 6. The molecule has 7 nitrogen and oxygen atoms in total. The number of halogens is 7. The molecular formula is C32H39F7N4O3. The third-order valence-corrected chi connectivity index (χ3v) is 9.02. The van der Waals surface area contributed by atoms with Gasteiger partial charge >= 0.3 is 18.4 Å². The van der Waals surface area contributed by atoms with Gasteiger partial charge in [0.05, 0.1) is 17.2 Å². The second-order valence-corrected chi connectivity index (χ2v) is 12.2. The van der Waals surface area contributed by atoms with Gasteiger partial charge in [0.25, 0.3) is 0 Å². The maximum absolute atomic E-state index is 13.5. The molecule has 14 heteroatoms. The molecule has 3 atom stereocenters. The maximum atomic E-state index is 13.5. The van der Waals surface area contributed by atoms with Crippen LogP contribution in [0.1, 0.15) is 72.5 Å². The summed E-state index contributed by atoms with van der Waals surface area (Å²) in [6, 6.07) is 5.58. The average Bonchev–Trinajstić information content (AvgIpc) is 3.85. The van der Waals surface area contributed by atoms with Crippen LogP contribution in [-0.2, 0) is 17.1 Å². The zero-order valence-electron chi connectivity index (χ0n) is 25.9. The van der Waals surface area contributed by atoms with Crippen molar-refractivity contribution in [3.63, 3.8) is 0 Å². The Labute approximate surface area is 263 Å². The number of hydrogen-bond donors (Lipinski definition) is 2. The Morgan fingerprint density at radius 3 is 1.96 bits per heavy atom. The van der Waals surface area contributed by atoms with Gasteiger partial charge in [0, 0.05) is 50.7 Å².